The van der Waals surface area contributed by atoms with Gasteiger partial charge < -0.3 is 10.7 Å². The van der Waals surface area contributed by atoms with E-state index in [0.29, 0.717) is 0 Å². The number of benzene rings is 1. The molecule has 1 heterocycles. The Hall–Kier alpha value is -2.36. The third-order valence-electron chi connectivity index (χ3n) is 2.00. The fraction of sp³-hybridized carbons (Fsp3) is 0. The van der Waals surface area contributed by atoms with Crippen molar-refractivity contribution in [1.29, 1.82) is 0 Å². The number of nitrogens with two attached hydrogens (primary N) is 1. The Morgan fingerprint density at radius 1 is 1.31 bits per heavy atom. The highest BCUT2D eigenvalue weighted by atomic mass is 16.1. The van der Waals surface area contributed by atoms with Crippen molar-refractivity contribution in [3.05, 3.63) is 53.0 Å². The molecule has 0 bridgehead atoms. The summed E-state index contributed by atoms with van der Waals surface area (Å²) in [6.45, 7) is 3.65. The van der Waals surface area contributed by atoms with Crippen molar-refractivity contribution in [2.75, 3.05) is 0 Å². The van der Waals surface area contributed by atoms with Crippen LogP contribution in [0.4, 0.5) is 0 Å². The maximum atomic E-state index is 11.2. The summed E-state index contributed by atoms with van der Waals surface area (Å²) in [5, 5.41) is 1.97. The molecule has 2 aromatic rings. The van der Waals surface area contributed by atoms with E-state index in [0.717, 1.165) is 16.5 Å². The van der Waals surface area contributed by atoms with Crippen LogP contribution in [0.3, 0.4) is 0 Å². The number of nitrogens with one attached hydrogen (secondary N) is 1. The van der Waals surface area contributed by atoms with Crippen molar-refractivity contribution in [2.24, 2.45) is 5.73 Å². The van der Waals surface area contributed by atoms with Crippen LogP contribution in [0.2, 0.25) is 0 Å². The number of H-pyrrole nitrogens is 1. The summed E-state index contributed by atoms with van der Waals surface area (Å²) >= 11 is 0. The van der Waals surface area contributed by atoms with Crippen molar-refractivity contribution in [3.63, 3.8) is 0 Å². The van der Waals surface area contributed by atoms with Gasteiger partial charge in [-0.3, -0.25) is 9.59 Å². The number of amides is 1. The summed E-state index contributed by atoms with van der Waals surface area (Å²) < 4.78 is 0. The van der Waals surface area contributed by atoms with Crippen molar-refractivity contribution >= 4 is 23.3 Å². The van der Waals surface area contributed by atoms with Gasteiger partial charge in [0.05, 0.1) is 0 Å². The summed E-state index contributed by atoms with van der Waals surface area (Å²) in [6.07, 6.45) is 1.91. The van der Waals surface area contributed by atoms with Gasteiger partial charge in [-0.2, -0.15) is 0 Å². The minimum Gasteiger partial charge on any atom is -0.372 e. The molecule has 0 atom stereocenters. The molecule has 3 N–H and O–H groups in total. The van der Waals surface area contributed by atoms with Gasteiger partial charge in [0.1, 0.15) is 0 Å². The van der Waals surface area contributed by atoms with Gasteiger partial charge in [-0.15, -0.1) is 0 Å². The summed E-state index contributed by atoms with van der Waals surface area (Å²) in [6, 6.07) is 9.31. The molecule has 0 fully saturated rings. The minimum atomic E-state index is -0.0893. The van der Waals surface area contributed by atoms with E-state index in [-0.39, 0.29) is 12.0 Å². The number of aromatic amines is 1. The molecule has 4 heteroatoms. The van der Waals surface area contributed by atoms with Gasteiger partial charge >= 0.3 is 0 Å². The van der Waals surface area contributed by atoms with Crippen LogP contribution in [0.1, 0.15) is 5.69 Å². The van der Waals surface area contributed by atoms with Crippen molar-refractivity contribution in [3.8, 4) is 0 Å². The molecule has 0 spiro atoms. The van der Waals surface area contributed by atoms with Gasteiger partial charge in [0.15, 0.2) is 0 Å². The van der Waals surface area contributed by atoms with Crippen LogP contribution in [-0.2, 0) is 4.79 Å². The maximum absolute atomic E-state index is 11.2. The molecule has 0 unspecified atom stereocenters. The fourth-order valence-electron chi connectivity index (χ4n) is 1.41. The van der Waals surface area contributed by atoms with Gasteiger partial charge in [0.2, 0.25) is 12.0 Å². The van der Waals surface area contributed by atoms with E-state index in [1.807, 2.05) is 24.3 Å². The molecule has 0 aliphatic rings. The van der Waals surface area contributed by atoms with Gasteiger partial charge in [0, 0.05) is 17.1 Å². The molecule has 0 aliphatic heterocycles. The normalized spacial score (nSPS) is 9.00. The summed E-state index contributed by atoms with van der Waals surface area (Å²) in [5.41, 5.74) is 4.86. The zero-order chi connectivity index (χ0) is 12.0. The Morgan fingerprint density at radius 2 is 1.94 bits per heavy atom. The Bertz CT molecular complexity index is 558. The second-order valence-corrected chi connectivity index (χ2v) is 2.97. The standard InChI is InChI=1S/C11H9NO.CH3NO/c1-2-10-9-6-4-3-5-8(9)7-11(13)12-10;2-1-3/h2-7H,1H2,(H,12,13);1H,(H2,2,3). The zero-order valence-corrected chi connectivity index (χ0v) is 8.64. The molecule has 16 heavy (non-hydrogen) atoms. The lowest BCUT2D eigenvalue weighted by molar-refractivity contribution is -0.106. The molecular formula is C12H12N2O2. The third kappa shape index (κ3) is 2.57. The molecule has 2 rings (SSSR count). The van der Waals surface area contributed by atoms with E-state index in [1.54, 1.807) is 12.1 Å². The number of primary amides is 1. The number of rotatable bonds is 1. The third-order valence-corrected chi connectivity index (χ3v) is 2.00. The SMILES string of the molecule is C=Cc1[nH]c(=O)cc2ccccc12.NC=O. The number of aromatic nitrogens is 1. The highest BCUT2D eigenvalue weighted by Gasteiger charge is 1.97. The lowest BCUT2D eigenvalue weighted by Crippen LogP contribution is -2.05. The molecular weight excluding hydrogens is 204 g/mol. The first-order valence-corrected chi connectivity index (χ1v) is 4.62. The second-order valence-electron chi connectivity index (χ2n) is 2.97. The maximum Gasteiger partial charge on any atom is 0.249 e. The number of hydrogen-bond donors (Lipinski definition) is 2. The number of pyridine rings is 1. The van der Waals surface area contributed by atoms with Crippen LogP contribution in [0.5, 0.6) is 0 Å². The fourth-order valence-corrected chi connectivity index (χ4v) is 1.41. The predicted molar refractivity (Wildman–Crippen MR) is 64.9 cm³/mol. The zero-order valence-electron chi connectivity index (χ0n) is 8.64. The highest BCUT2D eigenvalue weighted by molar-refractivity contribution is 5.88. The average molecular weight is 216 g/mol. The van der Waals surface area contributed by atoms with Gasteiger partial charge in [-0.25, -0.2) is 0 Å². The van der Waals surface area contributed by atoms with Crippen LogP contribution >= 0.6 is 0 Å². The first-order valence-electron chi connectivity index (χ1n) is 4.62. The molecule has 82 valence electrons. The smallest absolute Gasteiger partial charge is 0.249 e. The van der Waals surface area contributed by atoms with Crippen LogP contribution in [0.25, 0.3) is 16.8 Å². The number of fused-ring (bicyclic) bond motifs is 1. The summed E-state index contributed by atoms with van der Waals surface area (Å²) in [4.78, 5) is 22.5. The van der Waals surface area contributed by atoms with Crippen LogP contribution in [-0.4, -0.2) is 11.4 Å². The van der Waals surface area contributed by atoms with E-state index in [4.69, 9.17) is 4.79 Å². The lowest BCUT2D eigenvalue weighted by Gasteiger charge is -2.00. The highest BCUT2D eigenvalue weighted by Crippen LogP contribution is 2.14. The quantitative estimate of drug-likeness (QED) is 0.704. The topological polar surface area (TPSA) is 75.9 Å². The minimum absolute atomic E-state index is 0.0893. The molecule has 0 aliphatic carbocycles. The Balaban J connectivity index is 0.000000386. The molecule has 4 nitrogen and oxygen atoms in total. The van der Waals surface area contributed by atoms with Gasteiger partial charge in [-0.1, -0.05) is 30.8 Å². The van der Waals surface area contributed by atoms with E-state index < -0.39 is 0 Å². The van der Waals surface area contributed by atoms with Crippen LogP contribution < -0.4 is 11.3 Å². The van der Waals surface area contributed by atoms with E-state index >= 15 is 0 Å². The molecule has 0 saturated carbocycles. The Kier molecular flexibility index (Phi) is 4.03. The number of hydrogen-bond acceptors (Lipinski definition) is 2. The lowest BCUT2D eigenvalue weighted by atomic mass is 10.1. The predicted octanol–water partition coefficient (Wildman–Crippen LogP) is 1.27. The molecule has 0 saturated heterocycles. The largest absolute Gasteiger partial charge is 0.372 e. The van der Waals surface area contributed by atoms with Crippen molar-refractivity contribution in [2.45, 2.75) is 0 Å². The molecule has 1 amide bonds. The summed E-state index contributed by atoms with van der Waals surface area (Å²) in [5.74, 6) is 0. The average Bonchev–Trinajstić information content (AvgIpc) is 2.29. The van der Waals surface area contributed by atoms with Crippen LogP contribution in [0, 0.1) is 0 Å². The monoisotopic (exact) mass is 216 g/mol. The first kappa shape index (κ1) is 11.7. The van der Waals surface area contributed by atoms with Crippen molar-refractivity contribution < 1.29 is 4.79 Å². The number of carbonyl (C=O) groups is 1. The second kappa shape index (κ2) is 5.50. The molecule has 1 aromatic heterocycles. The van der Waals surface area contributed by atoms with E-state index in [9.17, 15) is 4.79 Å². The first-order chi connectivity index (χ1) is 7.72. The van der Waals surface area contributed by atoms with Gasteiger partial charge in [0.25, 0.3) is 0 Å². The molecule has 0 radical (unpaired) electrons. The van der Waals surface area contributed by atoms with E-state index in [1.165, 1.54) is 0 Å². The number of carbonyl (C=O) groups excluding carboxylic acids is 1. The van der Waals surface area contributed by atoms with E-state index in [2.05, 4.69) is 17.3 Å². The summed E-state index contributed by atoms with van der Waals surface area (Å²) in [7, 11) is 0. The van der Waals surface area contributed by atoms with Crippen LogP contribution in [0.15, 0.2) is 41.7 Å². The van der Waals surface area contributed by atoms with Crippen molar-refractivity contribution in [1.82, 2.24) is 4.98 Å². The molecule has 1 aromatic carbocycles. The van der Waals surface area contributed by atoms with Gasteiger partial charge in [-0.05, 0) is 11.5 Å². The Labute approximate surface area is 92.4 Å². The Morgan fingerprint density at radius 3 is 2.56 bits per heavy atom.